The summed E-state index contributed by atoms with van der Waals surface area (Å²) < 4.78 is 79.0. The number of thiophene rings is 1. The van der Waals surface area contributed by atoms with Crippen molar-refractivity contribution in [3.8, 4) is 11.1 Å². The molecule has 0 spiro atoms. The second-order valence-electron chi connectivity index (χ2n) is 6.00. The van der Waals surface area contributed by atoms with Gasteiger partial charge in [-0.3, -0.25) is 4.79 Å². The summed E-state index contributed by atoms with van der Waals surface area (Å²) in [5.74, 6) is -0.654. The first-order chi connectivity index (χ1) is 13.4. The van der Waals surface area contributed by atoms with Gasteiger partial charge in [-0.05, 0) is 42.0 Å². The van der Waals surface area contributed by atoms with Gasteiger partial charge in [0.2, 0.25) is 5.78 Å². The normalized spacial score (nSPS) is 12.2. The maximum absolute atomic E-state index is 13.2. The number of ketones is 1. The Morgan fingerprint density at radius 2 is 1.45 bits per heavy atom. The first-order valence-electron chi connectivity index (χ1n) is 7.86. The number of hydrogen-bond acceptors (Lipinski definition) is 3. The van der Waals surface area contributed by atoms with Crippen LogP contribution in [-0.4, -0.2) is 5.78 Å². The van der Waals surface area contributed by atoms with Gasteiger partial charge in [-0.1, -0.05) is 23.7 Å². The van der Waals surface area contributed by atoms with Crippen molar-refractivity contribution in [3.05, 3.63) is 75.1 Å². The molecule has 3 aromatic rings. The van der Waals surface area contributed by atoms with Gasteiger partial charge in [0.15, 0.2) is 0 Å². The number of nitrogen functional groups attached to an aromatic ring is 1. The van der Waals surface area contributed by atoms with E-state index in [-0.39, 0.29) is 32.1 Å². The minimum atomic E-state index is -5.01. The molecule has 0 atom stereocenters. The molecule has 0 saturated heterocycles. The standard InChI is InChI=1S/C19H10ClF6NOS/c20-14-4-2-1-3-12(14)16(28)17-13(8-15(27)29-17)9-5-10(18(21,22)23)7-11(6-9)19(24,25)26/h1-8H,27H2. The molecule has 0 aliphatic heterocycles. The molecular weight excluding hydrogens is 440 g/mol. The molecule has 2 aromatic carbocycles. The summed E-state index contributed by atoms with van der Waals surface area (Å²) in [6.45, 7) is 0. The van der Waals surface area contributed by atoms with Crippen LogP contribution in [0.4, 0.5) is 31.3 Å². The number of hydrogen-bond donors (Lipinski definition) is 1. The number of benzene rings is 2. The molecule has 0 aliphatic rings. The molecule has 0 radical (unpaired) electrons. The number of alkyl halides is 6. The molecule has 1 aromatic heterocycles. The quantitative estimate of drug-likeness (QED) is 0.348. The van der Waals surface area contributed by atoms with Gasteiger partial charge in [0.1, 0.15) is 0 Å². The number of carbonyl (C=O) groups excluding carboxylic acids is 1. The monoisotopic (exact) mass is 449 g/mol. The predicted octanol–water partition coefficient (Wildman–Crippen LogP) is 6.92. The van der Waals surface area contributed by atoms with Crippen molar-refractivity contribution < 1.29 is 31.1 Å². The average molecular weight is 450 g/mol. The Balaban J connectivity index is 2.22. The molecule has 0 unspecified atom stereocenters. The van der Waals surface area contributed by atoms with Crippen molar-refractivity contribution in [1.29, 1.82) is 0 Å². The fourth-order valence-electron chi connectivity index (χ4n) is 2.67. The van der Waals surface area contributed by atoms with Crippen LogP contribution in [-0.2, 0) is 12.4 Å². The summed E-state index contributed by atoms with van der Waals surface area (Å²) in [7, 11) is 0. The first-order valence-corrected chi connectivity index (χ1v) is 9.06. The number of anilines is 1. The van der Waals surface area contributed by atoms with Crippen molar-refractivity contribution in [2.24, 2.45) is 0 Å². The van der Waals surface area contributed by atoms with Crippen LogP contribution in [0.15, 0.2) is 48.5 Å². The Morgan fingerprint density at radius 1 is 0.897 bits per heavy atom. The third-order valence-electron chi connectivity index (χ3n) is 3.97. The maximum atomic E-state index is 13.2. The van der Waals surface area contributed by atoms with E-state index in [1.807, 2.05) is 0 Å². The van der Waals surface area contributed by atoms with Crippen LogP contribution in [0.25, 0.3) is 11.1 Å². The Bertz CT molecular complexity index is 1050. The van der Waals surface area contributed by atoms with Gasteiger partial charge in [0.05, 0.1) is 26.0 Å². The highest BCUT2D eigenvalue weighted by molar-refractivity contribution is 7.18. The smallest absolute Gasteiger partial charge is 0.391 e. The van der Waals surface area contributed by atoms with E-state index in [1.54, 1.807) is 6.07 Å². The van der Waals surface area contributed by atoms with E-state index in [1.165, 1.54) is 24.3 Å². The van der Waals surface area contributed by atoms with Crippen LogP contribution < -0.4 is 5.73 Å². The highest BCUT2D eigenvalue weighted by Crippen LogP contribution is 2.42. The summed E-state index contributed by atoms with van der Waals surface area (Å²) in [6.07, 6.45) is -10.0. The molecule has 1 heterocycles. The summed E-state index contributed by atoms with van der Waals surface area (Å²) in [5.41, 5.74) is 2.25. The van der Waals surface area contributed by atoms with Crippen LogP contribution in [0.5, 0.6) is 0 Å². The molecule has 0 bridgehead atoms. The van der Waals surface area contributed by atoms with Crippen LogP contribution in [0.1, 0.15) is 26.4 Å². The summed E-state index contributed by atoms with van der Waals surface area (Å²) >= 11 is 6.75. The Morgan fingerprint density at radius 3 is 1.97 bits per heavy atom. The second kappa shape index (κ2) is 7.38. The van der Waals surface area contributed by atoms with Gasteiger partial charge in [-0.2, -0.15) is 26.3 Å². The Labute approximate surface area is 169 Å². The minimum absolute atomic E-state index is 0.0226. The van der Waals surface area contributed by atoms with E-state index in [4.69, 9.17) is 17.3 Å². The zero-order valence-electron chi connectivity index (χ0n) is 14.2. The topological polar surface area (TPSA) is 43.1 Å². The number of halogens is 7. The fraction of sp³-hybridized carbons (Fsp3) is 0.105. The maximum Gasteiger partial charge on any atom is 0.416 e. The lowest BCUT2D eigenvalue weighted by Gasteiger charge is -2.14. The Hall–Kier alpha value is -2.52. The van der Waals surface area contributed by atoms with Crippen molar-refractivity contribution >= 4 is 33.7 Å². The zero-order valence-corrected chi connectivity index (χ0v) is 15.7. The molecule has 0 aliphatic carbocycles. The molecule has 0 amide bonds. The first kappa shape index (κ1) is 21.2. The lowest BCUT2D eigenvalue weighted by molar-refractivity contribution is -0.143. The molecule has 29 heavy (non-hydrogen) atoms. The molecule has 3 rings (SSSR count). The summed E-state index contributed by atoms with van der Waals surface area (Å²) in [4.78, 5) is 12.8. The lowest BCUT2D eigenvalue weighted by Crippen LogP contribution is -2.11. The van der Waals surface area contributed by atoms with Gasteiger partial charge in [-0.25, -0.2) is 0 Å². The van der Waals surface area contributed by atoms with Crippen molar-refractivity contribution in [1.82, 2.24) is 0 Å². The number of nitrogens with two attached hydrogens (primary N) is 1. The highest BCUT2D eigenvalue weighted by Gasteiger charge is 2.37. The van der Waals surface area contributed by atoms with E-state index in [0.717, 1.165) is 11.3 Å². The lowest BCUT2D eigenvalue weighted by atomic mass is 9.97. The van der Waals surface area contributed by atoms with Gasteiger partial charge in [0.25, 0.3) is 0 Å². The van der Waals surface area contributed by atoms with Crippen molar-refractivity contribution in [2.45, 2.75) is 12.4 Å². The van der Waals surface area contributed by atoms with Crippen LogP contribution >= 0.6 is 22.9 Å². The molecule has 0 saturated carbocycles. The second-order valence-corrected chi connectivity index (χ2v) is 7.49. The van der Waals surface area contributed by atoms with Crippen LogP contribution in [0.2, 0.25) is 5.02 Å². The zero-order chi connectivity index (χ0) is 21.6. The molecule has 2 nitrogen and oxygen atoms in total. The van der Waals surface area contributed by atoms with Gasteiger partial charge in [0, 0.05) is 11.1 Å². The van der Waals surface area contributed by atoms with E-state index in [2.05, 4.69) is 0 Å². The highest BCUT2D eigenvalue weighted by atomic mass is 35.5. The van der Waals surface area contributed by atoms with E-state index in [9.17, 15) is 31.1 Å². The van der Waals surface area contributed by atoms with E-state index >= 15 is 0 Å². The van der Waals surface area contributed by atoms with Crippen molar-refractivity contribution in [3.63, 3.8) is 0 Å². The number of rotatable bonds is 3. The average Bonchev–Trinajstić information content (AvgIpc) is 3.01. The van der Waals surface area contributed by atoms with Gasteiger partial charge in [-0.15, -0.1) is 11.3 Å². The molecule has 10 heteroatoms. The van der Waals surface area contributed by atoms with Crippen molar-refractivity contribution in [2.75, 3.05) is 5.73 Å². The SMILES string of the molecule is Nc1cc(-c2cc(C(F)(F)F)cc(C(F)(F)F)c2)c(C(=O)c2ccccc2Cl)s1. The third-order valence-corrected chi connectivity index (χ3v) is 5.27. The predicted molar refractivity (Wildman–Crippen MR) is 99.1 cm³/mol. The van der Waals surface area contributed by atoms with Gasteiger partial charge < -0.3 is 5.73 Å². The van der Waals surface area contributed by atoms with E-state index < -0.39 is 34.8 Å². The minimum Gasteiger partial charge on any atom is -0.391 e. The molecular formula is C19H10ClF6NOS. The molecule has 2 N–H and O–H groups in total. The Kier molecular flexibility index (Phi) is 5.40. The van der Waals surface area contributed by atoms with Gasteiger partial charge >= 0.3 is 12.4 Å². The molecule has 0 fully saturated rings. The van der Waals surface area contributed by atoms with Crippen LogP contribution in [0.3, 0.4) is 0 Å². The largest absolute Gasteiger partial charge is 0.416 e. The number of carbonyl (C=O) groups is 1. The van der Waals surface area contributed by atoms with E-state index in [0.29, 0.717) is 12.1 Å². The van der Waals surface area contributed by atoms with Crippen LogP contribution in [0, 0.1) is 0 Å². The third kappa shape index (κ3) is 4.40. The fourth-order valence-corrected chi connectivity index (χ4v) is 3.79. The summed E-state index contributed by atoms with van der Waals surface area (Å²) in [6, 6.07) is 8.25. The molecule has 152 valence electrons. The summed E-state index contributed by atoms with van der Waals surface area (Å²) in [5, 5.41) is 0.150.